The van der Waals surface area contributed by atoms with E-state index < -0.39 is 23.4 Å². The number of ether oxygens (including phenoxy) is 1. The Balaban J connectivity index is 2.94. The van der Waals surface area contributed by atoms with Crippen LogP contribution in [0.15, 0.2) is 18.3 Å². The lowest BCUT2D eigenvalue weighted by molar-refractivity contribution is -0.141. The van der Waals surface area contributed by atoms with Crippen molar-refractivity contribution >= 4 is 5.97 Å². The molecule has 0 N–H and O–H groups in total. The lowest BCUT2D eigenvalue weighted by atomic mass is 10.2. The maximum atomic E-state index is 12.5. The van der Waals surface area contributed by atoms with Crippen LogP contribution in [0.25, 0.3) is 0 Å². The predicted molar refractivity (Wildman–Crippen MR) is 54.4 cm³/mol. The molecule has 0 atom stereocenters. The van der Waals surface area contributed by atoms with E-state index in [1.807, 2.05) is 0 Å². The average molecular weight is 247 g/mol. The minimum Gasteiger partial charge on any atom is -0.462 e. The van der Waals surface area contributed by atoms with E-state index in [9.17, 15) is 18.0 Å². The van der Waals surface area contributed by atoms with Gasteiger partial charge in [-0.15, -0.1) is 0 Å². The van der Waals surface area contributed by atoms with Crippen LogP contribution in [-0.4, -0.2) is 17.6 Å². The first-order valence-electron chi connectivity index (χ1n) is 5.01. The molecule has 1 heterocycles. The van der Waals surface area contributed by atoms with Gasteiger partial charge in [-0.3, -0.25) is 4.98 Å². The van der Waals surface area contributed by atoms with Crippen LogP contribution >= 0.6 is 0 Å². The molecule has 94 valence electrons. The second-order valence-corrected chi connectivity index (χ2v) is 3.89. The Labute approximate surface area is 96.6 Å². The van der Waals surface area contributed by atoms with Gasteiger partial charge in [-0.25, -0.2) is 4.79 Å². The molecule has 1 aromatic heterocycles. The molecule has 3 nitrogen and oxygen atoms in total. The molecule has 6 heteroatoms. The molecule has 0 spiro atoms. The van der Waals surface area contributed by atoms with Gasteiger partial charge in [-0.2, -0.15) is 13.2 Å². The van der Waals surface area contributed by atoms with Crippen molar-refractivity contribution in [1.82, 2.24) is 4.98 Å². The number of hydrogen-bond donors (Lipinski definition) is 0. The largest absolute Gasteiger partial charge is 0.462 e. The second kappa shape index (κ2) is 5.16. The number of alkyl halides is 3. The van der Waals surface area contributed by atoms with E-state index in [1.54, 1.807) is 13.8 Å². The summed E-state index contributed by atoms with van der Waals surface area (Å²) in [4.78, 5) is 14.6. The zero-order chi connectivity index (χ0) is 13.1. The Hall–Kier alpha value is -1.59. The number of esters is 1. The van der Waals surface area contributed by atoms with Crippen molar-refractivity contribution < 1.29 is 22.7 Å². The van der Waals surface area contributed by atoms with Crippen LogP contribution in [0, 0.1) is 5.92 Å². The Kier molecular flexibility index (Phi) is 4.09. The third-order valence-electron chi connectivity index (χ3n) is 1.84. The van der Waals surface area contributed by atoms with Crippen LogP contribution in [0.4, 0.5) is 13.2 Å². The maximum absolute atomic E-state index is 12.5. The van der Waals surface area contributed by atoms with E-state index in [0.29, 0.717) is 0 Å². The Bertz CT molecular complexity index is 402. The van der Waals surface area contributed by atoms with E-state index in [2.05, 4.69) is 4.98 Å². The summed E-state index contributed by atoms with van der Waals surface area (Å²) in [6.45, 7) is 3.66. The molecular weight excluding hydrogens is 235 g/mol. The fraction of sp³-hybridized carbons (Fsp3) is 0.455. The first kappa shape index (κ1) is 13.5. The van der Waals surface area contributed by atoms with E-state index in [-0.39, 0.29) is 12.5 Å². The molecule has 0 saturated heterocycles. The van der Waals surface area contributed by atoms with E-state index in [1.165, 1.54) is 6.07 Å². The summed E-state index contributed by atoms with van der Waals surface area (Å²) in [7, 11) is 0. The highest BCUT2D eigenvalue weighted by atomic mass is 19.4. The molecule has 0 radical (unpaired) electrons. The first-order valence-corrected chi connectivity index (χ1v) is 5.01. The number of nitrogens with zero attached hydrogens (tertiary/aromatic N) is 1. The monoisotopic (exact) mass is 247 g/mol. The lowest BCUT2D eigenvalue weighted by Crippen LogP contribution is -2.18. The molecule has 0 bridgehead atoms. The number of rotatable bonds is 3. The molecule has 1 aromatic rings. The summed E-state index contributed by atoms with van der Waals surface area (Å²) in [6, 6.07) is 2.32. The summed E-state index contributed by atoms with van der Waals surface area (Å²) in [5.74, 6) is -0.941. The van der Waals surface area contributed by atoms with Crippen LogP contribution in [-0.2, 0) is 10.9 Å². The van der Waals surface area contributed by atoms with Crippen molar-refractivity contribution in [2.45, 2.75) is 20.0 Å². The Morgan fingerprint density at radius 1 is 1.47 bits per heavy atom. The highest BCUT2D eigenvalue weighted by Gasteiger charge is 2.37. The van der Waals surface area contributed by atoms with Gasteiger partial charge in [0.25, 0.3) is 0 Å². The molecular formula is C11H12F3NO2. The molecule has 0 unspecified atom stereocenters. The highest BCUT2D eigenvalue weighted by Crippen LogP contribution is 2.30. The second-order valence-electron chi connectivity index (χ2n) is 3.89. The van der Waals surface area contributed by atoms with Crippen molar-refractivity contribution in [2.24, 2.45) is 5.92 Å². The first-order chi connectivity index (χ1) is 7.82. The van der Waals surface area contributed by atoms with Crippen LogP contribution in [0.1, 0.15) is 29.9 Å². The standard InChI is InChI=1S/C11H12F3NO2/c1-7(2)6-17-10(16)8-4-3-5-15-9(8)11(12,13)14/h3-5,7H,6H2,1-2H3. The molecule has 1 rings (SSSR count). The van der Waals surface area contributed by atoms with Gasteiger partial charge in [-0.05, 0) is 18.1 Å². The number of carbonyl (C=O) groups is 1. The summed E-state index contributed by atoms with van der Waals surface area (Å²) < 4.78 is 42.4. The average Bonchev–Trinajstić information content (AvgIpc) is 2.24. The Morgan fingerprint density at radius 2 is 2.12 bits per heavy atom. The van der Waals surface area contributed by atoms with E-state index in [4.69, 9.17) is 4.74 Å². The van der Waals surface area contributed by atoms with Gasteiger partial charge < -0.3 is 4.74 Å². The predicted octanol–water partition coefficient (Wildman–Crippen LogP) is 2.91. The molecule has 0 aromatic carbocycles. The number of halogens is 3. The summed E-state index contributed by atoms with van der Waals surface area (Å²) in [5.41, 5.74) is -1.77. The van der Waals surface area contributed by atoms with Crippen molar-refractivity contribution in [3.05, 3.63) is 29.6 Å². The number of hydrogen-bond acceptors (Lipinski definition) is 3. The minimum absolute atomic E-state index is 0.0601. The highest BCUT2D eigenvalue weighted by molar-refractivity contribution is 5.90. The van der Waals surface area contributed by atoms with Gasteiger partial charge in [0, 0.05) is 6.20 Å². The van der Waals surface area contributed by atoms with Crippen molar-refractivity contribution in [1.29, 1.82) is 0 Å². The normalized spacial score (nSPS) is 11.6. The number of aromatic nitrogens is 1. The molecule has 0 aliphatic carbocycles. The van der Waals surface area contributed by atoms with Crippen LogP contribution in [0.5, 0.6) is 0 Å². The van der Waals surface area contributed by atoms with Gasteiger partial charge in [0.1, 0.15) is 0 Å². The topological polar surface area (TPSA) is 39.2 Å². The molecule has 0 saturated carbocycles. The summed E-state index contributed by atoms with van der Waals surface area (Å²) >= 11 is 0. The maximum Gasteiger partial charge on any atom is 0.434 e. The van der Waals surface area contributed by atoms with Gasteiger partial charge in [0.15, 0.2) is 5.69 Å². The van der Waals surface area contributed by atoms with Crippen LogP contribution in [0.3, 0.4) is 0 Å². The van der Waals surface area contributed by atoms with Gasteiger partial charge >= 0.3 is 12.1 Å². The lowest BCUT2D eigenvalue weighted by Gasteiger charge is -2.11. The fourth-order valence-corrected chi connectivity index (χ4v) is 1.12. The quantitative estimate of drug-likeness (QED) is 0.771. The van der Waals surface area contributed by atoms with Gasteiger partial charge in [0.05, 0.1) is 12.2 Å². The zero-order valence-electron chi connectivity index (χ0n) is 9.41. The van der Waals surface area contributed by atoms with Crippen molar-refractivity contribution in [3.8, 4) is 0 Å². The van der Waals surface area contributed by atoms with Gasteiger partial charge in [0.2, 0.25) is 0 Å². The summed E-state index contributed by atoms with van der Waals surface area (Å²) in [6.07, 6.45) is -3.67. The van der Waals surface area contributed by atoms with Crippen molar-refractivity contribution in [2.75, 3.05) is 6.61 Å². The third kappa shape index (κ3) is 3.72. The fourth-order valence-electron chi connectivity index (χ4n) is 1.12. The smallest absolute Gasteiger partial charge is 0.434 e. The minimum atomic E-state index is -4.66. The SMILES string of the molecule is CC(C)COC(=O)c1cccnc1C(F)(F)F. The van der Waals surface area contributed by atoms with Gasteiger partial charge in [-0.1, -0.05) is 13.8 Å². The number of pyridine rings is 1. The molecule has 0 aliphatic heterocycles. The molecule has 0 aliphatic rings. The molecule has 0 amide bonds. The Morgan fingerprint density at radius 3 is 2.65 bits per heavy atom. The van der Waals surface area contributed by atoms with E-state index >= 15 is 0 Å². The summed E-state index contributed by atoms with van der Waals surface area (Å²) in [5, 5.41) is 0. The van der Waals surface area contributed by atoms with Crippen molar-refractivity contribution in [3.63, 3.8) is 0 Å². The van der Waals surface area contributed by atoms with E-state index in [0.717, 1.165) is 12.3 Å². The van der Waals surface area contributed by atoms with Crippen LogP contribution in [0.2, 0.25) is 0 Å². The van der Waals surface area contributed by atoms with Crippen LogP contribution < -0.4 is 0 Å². The molecule has 17 heavy (non-hydrogen) atoms. The number of carbonyl (C=O) groups excluding carboxylic acids is 1. The molecule has 0 fully saturated rings. The third-order valence-corrected chi connectivity index (χ3v) is 1.84. The zero-order valence-corrected chi connectivity index (χ0v) is 9.41.